The number of aromatic nitrogens is 1. The van der Waals surface area contributed by atoms with E-state index in [4.69, 9.17) is 5.11 Å². The second-order valence-corrected chi connectivity index (χ2v) is 3.73. The van der Waals surface area contributed by atoms with Gasteiger partial charge in [-0.15, -0.1) is 0 Å². The number of para-hydroxylation sites is 1. The molecule has 102 valence electrons. The van der Waals surface area contributed by atoms with Crippen LogP contribution in [0, 0.1) is 15.9 Å². The lowest BCUT2D eigenvalue weighted by molar-refractivity contribution is -0.384. The molecule has 20 heavy (non-hydrogen) atoms. The number of nitro groups is 1. The normalized spacial score (nSPS) is 10.1. The molecule has 2 N–H and O–H groups in total. The van der Waals surface area contributed by atoms with Crippen LogP contribution in [0.3, 0.4) is 0 Å². The largest absolute Gasteiger partial charge is 0.477 e. The van der Waals surface area contributed by atoms with Crippen molar-refractivity contribution >= 4 is 23.2 Å². The van der Waals surface area contributed by atoms with Crippen molar-refractivity contribution in [1.29, 1.82) is 0 Å². The van der Waals surface area contributed by atoms with Crippen LogP contribution in [-0.2, 0) is 0 Å². The average molecular weight is 277 g/mol. The molecule has 0 fully saturated rings. The lowest BCUT2D eigenvalue weighted by atomic mass is 10.2. The van der Waals surface area contributed by atoms with Gasteiger partial charge in [0.25, 0.3) is 0 Å². The zero-order chi connectivity index (χ0) is 14.7. The third-order valence-corrected chi connectivity index (χ3v) is 2.42. The summed E-state index contributed by atoms with van der Waals surface area (Å²) in [5.74, 6) is -2.30. The van der Waals surface area contributed by atoms with Gasteiger partial charge in [-0.1, -0.05) is 12.1 Å². The predicted octanol–water partition coefficient (Wildman–Crippen LogP) is 2.57. The number of nitrogens with zero attached hydrogens (tertiary/aromatic N) is 2. The van der Waals surface area contributed by atoms with Crippen molar-refractivity contribution in [2.24, 2.45) is 0 Å². The summed E-state index contributed by atoms with van der Waals surface area (Å²) < 4.78 is 13.5. The second-order valence-electron chi connectivity index (χ2n) is 3.73. The van der Waals surface area contributed by atoms with Gasteiger partial charge in [0.05, 0.1) is 10.6 Å². The smallest absolute Gasteiger partial charge is 0.354 e. The van der Waals surface area contributed by atoms with Gasteiger partial charge in [0.1, 0.15) is 5.82 Å². The maximum atomic E-state index is 13.5. The summed E-state index contributed by atoms with van der Waals surface area (Å²) in [7, 11) is 0. The summed E-state index contributed by atoms with van der Waals surface area (Å²) >= 11 is 0. The number of halogens is 1. The van der Waals surface area contributed by atoms with Crippen molar-refractivity contribution in [3.63, 3.8) is 0 Å². The number of hydrogen-bond acceptors (Lipinski definition) is 5. The molecule has 0 aliphatic rings. The number of carboxylic acid groups (broad SMARTS) is 1. The van der Waals surface area contributed by atoms with Crippen molar-refractivity contribution in [3.8, 4) is 0 Å². The molecule has 0 aliphatic heterocycles. The van der Waals surface area contributed by atoms with Gasteiger partial charge >= 0.3 is 11.7 Å². The Morgan fingerprint density at radius 1 is 1.30 bits per heavy atom. The molecule has 7 nitrogen and oxygen atoms in total. The number of benzene rings is 1. The van der Waals surface area contributed by atoms with Gasteiger partial charge in [-0.2, -0.15) is 0 Å². The van der Waals surface area contributed by atoms with Gasteiger partial charge < -0.3 is 10.4 Å². The first-order chi connectivity index (χ1) is 9.49. The van der Waals surface area contributed by atoms with E-state index in [-0.39, 0.29) is 17.2 Å². The van der Waals surface area contributed by atoms with E-state index in [2.05, 4.69) is 10.3 Å². The van der Waals surface area contributed by atoms with Crippen molar-refractivity contribution in [2.45, 2.75) is 0 Å². The molecule has 0 saturated heterocycles. The topological polar surface area (TPSA) is 105 Å². The fraction of sp³-hybridized carbons (Fsp3) is 0. The Kier molecular flexibility index (Phi) is 3.56. The van der Waals surface area contributed by atoms with E-state index in [9.17, 15) is 19.3 Å². The first-order valence-corrected chi connectivity index (χ1v) is 5.39. The number of carbonyl (C=O) groups is 1. The van der Waals surface area contributed by atoms with Crippen LogP contribution in [-0.4, -0.2) is 21.0 Å². The fourth-order valence-corrected chi connectivity index (χ4v) is 1.50. The minimum Gasteiger partial charge on any atom is -0.477 e. The van der Waals surface area contributed by atoms with Gasteiger partial charge in [-0.3, -0.25) is 10.1 Å². The van der Waals surface area contributed by atoms with Crippen LogP contribution in [0.5, 0.6) is 0 Å². The molecule has 0 spiro atoms. The molecule has 0 bridgehead atoms. The first kappa shape index (κ1) is 13.4. The highest BCUT2D eigenvalue weighted by atomic mass is 19.1. The molecule has 2 rings (SSSR count). The quantitative estimate of drug-likeness (QED) is 0.657. The van der Waals surface area contributed by atoms with Crippen molar-refractivity contribution in [2.75, 3.05) is 5.32 Å². The standard InChI is InChI=1S/C12H8FN3O4/c13-7-3-1-2-4-8(7)14-11-10(16(19)20)6-5-9(15-11)12(17)18/h1-6H,(H,14,15)(H,17,18). The van der Waals surface area contributed by atoms with Crippen LogP contribution in [0.1, 0.15) is 10.5 Å². The summed E-state index contributed by atoms with van der Waals surface area (Å²) in [6, 6.07) is 7.50. The molecular formula is C12H8FN3O4. The lowest BCUT2D eigenvalue weighted by Crippen LogP contribution is -2.06. The van der Waals surface area contributed by atoms with E-state index in [0.29, 0.717) is 0 Å². The zero-order valence-electron chi connectivity index (χ0n) is 9.91. The van der Waals surface area contributed by atoms with Gasteiger partial charge in [0.2, 0.25) is 5.82 Å². The molecule has 0 aliphatic carbocycles. The zero-order valence-corrected chi connectivity index (χ0v) is 9.91. The minimum atomic E-state index is -1.34. The molecule has 8 heteroatoms. The monoisotopic (exact) mass is 277 g/mol. The maximum absolute atomic E-state index is 13.5. The predicted molar refractivity (Wildman–Crippen MR) is 67.5 cm³/mol. The summed E-state index contributed by atoms with van der Waals surface area (Å²) in [6.07, 6.45) is 0. The highest BCUT2D eigenvalue weighted by molar-refractivity contribution is 5.86. The number of pyridine rings is 1. The summed E-state index contributed by atoms with van der Waals surface area (Å²) in [5.41, 5.74) is -0.863. The van der Waals surface area contributed by atoms with E-state index in [1.54, 1.807) is 0 Å². The molecule has 0 radical (unpaired) electrons. The van der Waals surface area contributed by atoms with Crippen molar-refractivity contribution in [3.05, 3.63) is 58.0 Å². The molecule has 0 unspecified atom stereocenters. The van der Waals surface area contributed by atoms with E-state index < -0.39 is 22.4 Å². The number of hydrogen-bond donors (Lipinski definition) is 2. The number of aromatic carboxylic acids is 1. The number of carboxylic acids is 1. The third-order valence-electron chi connectivity index (χ3n) is 2.42. The second kappa shape index (κ2) is 5.31. The fourth-order valence-electron chi connectivity index (χ4n) is 1.50. The van der Waals surface area contributed by atoms with Crippen LogP contribution in [0.4, 0.5) is 21.6 Å². The van der Waals surface area contributed by atoms with Crippen LogP contribution in [0.2, 0.25) is 0 Å². The molecule has 1 aromatic carbocycles. The summed E-state index contributed by atoms with van der Waals surface area (Å²) in [4.78, 5) is 24.6. The van der Waals surface area contributed by atoms with E-state index >= 15 is 0 Å². The highest BCUT2D eigenvalue weighted by Crippen LogP contribution is 2.26. The Balaban J connectivity index is 2.48. The van der Waals surface area contributed by atoms with Crippen LogP contribution < -0.4 is 5.32 Å². The molecular weight excluding hydrogens is 269 g/mol. The maximum Gasteiger partial charge on any atom is 0.354 e. The molecule has 2 aromatic rings. The van der Waals surface area contributed by atoms with Crippen molar-refractivity contribution < 1.29 is 19.2 Å². The molecule has 0 amide bonds. The van der Waals surface area contributed by atoms with E-state index in [0.717, 1.165) is 18.2 Å². The van der Waals surface area contributed by atoms with Gasteiger partial charge in [-0.25, -0.2) is 14.2 Å². The van der Waals surface area contributed by atoms with Crippen molar-refractivity contribution in [1.82, 2.24) is 4.98 Å². The lowest BCUT2D eigenvalue weighted by Gasteiger charge is -2.07. The molecule has 1 aromatic heterocycles. The molecule has 0 atom stereocenters. The first-order valence-electron chi connectivity index (χ1n) is 5.39. The Hall–Kier alpha value is -3.03. The third kappa shape index (κ3) is 2.69. The van der Waals surface area contributed by atoms with Crippen LogP contribution in [0.15, 0.2) is 36.4 Å². The number of rotatable bonds is 4. The van der Waals surface area contributed by atoms with Gasteiger partial charge in [0.15, 0.2) is 5.69 Å². The van der Waals surface area contributed by atoms with Crippen LogP contribution >= 0.6 is 0 Å². The summed E-state index contributed by atoms with van der Waals surface area (Å²) in [5, 5.41) is 22.1. The minimum absolute atomic E-state index is 0.0364. The molecule has 0 saturated carbocycles. The van der Waals surface area contributed by atoms with E-state index in [1.165, 1.54) is 18.2 Å². The Labute approximate surface area is 111 Å². The van der Waals surface area contributed by atoms with Gasteiger partial charge in [-0.05, 0) is 18.2 Å². The Morgan fingerprint density at radius 2 is 2.00 bits per heavy atom. The van der Waals surface area contributed by atoms with Gasteiger partial charge in [0, 0.05) is 6.07 Å². The SMILES string of the molecule is O=C(O)c1ccc([N+](=O)[O-])c(Nc2ccccc2F)n1. The number of nitrogens with one attached hydrogen (secondary N) is 1. The van der Waals surface area contributed by atoms with E-state index in [1.807, 2.05) is 0 Å². The summed E-state index contributed by atoms with van der Waals surface area (Å²) in [6.45, 7) is 0. The average Bonchev–Trinajstić information content (AvgIpc) is 2.41. The van der Waals surface area contributed by atoms with Crippen LogP contribution in [0.25, 0.3) is 0 Å². The molecule has 1 heterocycles. The Bertz CT molecular complexity index is 690. The highest BCUT2D eigenvalue weighted by Gasteiger charge is 2.19. The Morgan fingerprint density at radius 3 is 2.60 bits per heavy atom. The number of anilines is 2.